The van der Waals surface area contributed by atoms with Crippen LogP contribution in [0.1, 0.15) is 27.0 Å². The number of hydrogen-bond acceptors (Lipinski definition) is 6. The summed E-state index contributed by atoms with van der Waals surface area (Å²) in [6.07, 6.45) is -1.59. The molecule has 5 rings (SSSR count). The third-order valence-electron chi connectivity index (χ3n) is 6.96. The van der Waals surface area contributed by atoms with Crippen LogP contribution in [0.3, 0.4) is 0 Å². The predicted octanol–water partition coefficient (Wildman–Crippen LogP) is 3.48. The predicted molar refractivity (Wildman–Crippen MR) is 139 cm³/mol. The zero-order valence-electron chi connectivity index (χ0n) is 21.6. The molecule has 2 aliphatic heterocycles. The largest absolute Gasteiger partial charge is 0.497 e. The van der Waals surface area contributed by atoms with Crippen LogP contribution in [0.5, 0.6) is 5.75 Å². The second-order valence-electron chi connectivity index (χ2n) is 9.37. The van der Waals surface area contributed by atoms with Crippen LogP contribution in [-0.4, -0.2) is 77.8 Å². The standard InChI is InChI=1S/C28H25F3N6O3/c1-40-23-7-5-19(6-8-23)27(39)35-13-11-34(12-14-35)18-25(38)36-10-9-24(37-26(36)21(16-32)17-33-37)20-3-2-4-22(15-20)28(29,30)31/h2-9,15,17H,10-14,18H2,1H3. The van der Waals surface area contributed by atoms with E-state index >= 15 is 0 Å². The first-order valence-corrected chi connectivity index (χ1v) is 12.5. The normalized spacial score (nSPS) is 15.7. The van der Waals surface area contributed by atoms with Gasteiger partial charge in [0, 0.05) is 43.9 Å². The minimum atomic E-state index is -4.51. The summed E-state index contributed by atoms with van der Waals surface area (Å²) in [5, 5.41) is 13.9. The molecule has 0 spiro atoms. The Morgan fingerprint density at radius 3 is 2.45 bits per heavy atom. The van der Waals surface area contributed by atoms with Crippen LogP contribution >= 0.6 is 0 Å². The van der Waals surface area contributed by atoms with E-state index < -0.39 is 11.7 Å². The van der Waals surface area contributed by atoms with Gasteiger partial charge in [-0.3, -0.25) is 19.4 Å². The maximum atomic E-state index is 13.4. The van der Waals surface area contributed by atoms with Gasteiger partial charge in [-0.15, -0.1) is 0 Å². The lowest BCUT2D eigenvalue weighted by Gasteiger charge is -2.36. The maximum Gasteiger partial charge on any atom is 0.416 e. The van der Waals surface area contributed by atoms with Crippen LogP contribution in [0.2, 0.25) is 0 Å². The average molecular weight is 551 g/mol. The number of carbonyl (C=O) groups excluding carboxylic acids is 2. The van der Waals surface area contributed by atoms with Crippen LogP contribution < -0.4 is 9.64 Å². The van der Waals surface area contributed by atoms with Gasteiger partial charge in [0.25, 0.3) is 5.91 Å². The number of methoxy groups -OCH3 is 1. The number of rotatable bonds is 5. The Labute approximate surface area is 228 Å². The Kier molecular flexibility index (Phi) is 7.32. The fourth-order valence-electron chi connectivity index (χ4n) is 4.82. The first-order chi connectivity index (χ1) is 19.2. The number of ether oxygens (including phenoxy) is 1. The third-order valence-corrected chi connectivity index (χ3v) is 6.96. The molecule has 9 nitrogen and oxygen atoms in total. The quantitative estimate of drug-likeness (QED) is 0.483. The average Bonchev–Trinajstić information content (AvgIpc) is 3.41. The van der Waals surface area contributed by atoms with Gasteiger partial charge in [-0.25, -0.2) is 4.68 Å². The van der Waals surface area contributed by atoms with Crippen LogP contribution in [0.15, 0.2) is 60.8 Å². The van der Waals surface area contributed by atoms with E-state index in [1.54, 1.807) is 42.4 Å². The van der Waals surface area contributed by atoms with E-state index in [0.29, 0.717) is 43.2 Å². The highest BCUT2D eigenvalue weighted by molar-refractivity contribution is 5.98. The molecule has 0 saturated carbocycles. The van der Waals surface area contributed by atoms with E-state index in [4.69, 9.17) is 4.74 Å². The number of nitrogens with zero attached hydrogens (tertiary/aromatic N) is 6. The van der Waals surface area contributed by atoms with Gasteiger partial charge in [-0.1, -0.05) is 12.1 Å². The smallest absolute Gasteiger partial charge is 0.416 e. The fraction of sp³-hybridized carbons (Fsp3) is 0.286. The number of benzene rings is 2. The Hall–Kier alpha value is -4.63. The summed E-state index contributed by atoms with van der Waals surface area (Å²) in [7, 11) is 1.56. The first-order valence-electron chi connectivity index (χ1n) is 12.5. The number of nitriles is 1. The van der Waals surface area contributed by atoms with Crippen LogP contribution in [-0.2, 0) is 11.0 Å². The number of hydrogen-bond donors (Lipinski definition) is 0. The lowest BCUT2D eigenvalue weighted by atomic mass is 10.1. The van der Waals surface area contributed by atoms with Crippen molar-refractivity contribution >= 4 is 23.3 Å². The number of carbonyl (C=O) groups is 2. The summed E-state index contributed by atoms with van der Waals surface area (Å²) in [5.41, 5.74) is 0.522. The van der Waals surface area contributed by atoms with Crippen molar-refractivity contribution < 1.29 is 27.5 Å². The van der Waals surface area contributed by atoms with Gasteiger partial charge in [0.05, 0.1) is 31.1 Å². The molecule has 2 amide bonds. The molecule has 0 N–H and O–H groups in total. The number of halogens is 3. The third kappa shape index (κ3) is 5.28. The number of aromatic nitrogens is 2. The fourth-order valence-corrected chi connectivity index (χ4v) is 4.82. The Bertz CT molecular complexity index is 1500. The number of anilines is 1. The summed E-state index contributed by atoms with van der Waals surface area (Å²) < 4.78 is 46.4. The van der Waals surface area contributed by atoms with Crippen molar-refractivity contribution in [1.29, 1.82) is 5.26 Å². The second-order valence-corrected chi connectivity index (χ2v) is 9.37. The molecular weight excluding hydrogens is 525 g/mol. The monoisotopic (exact) mass is 550 g/mol. The van der Waals surface area contributed by atoms with Crippen molar-refractivity contribution in [2.45, 2.75) is 6.18 Å². The number of fused-ring (bicyclic) bond motifs is 1. The topological polar surface area (TPSA) is 94.7 Å². The zero-order valence-corrected chi connectivity index (χ0v) is 21.6. The number of piperazine rings is 1. The van der Waals surface area contributed by atoms with E-state index in [-0.39, 0.29) is 41.8 Å². The molecule has 1 fully saturated rings. The molecule has 1 saturated heterocycles. The minimum Gasteiger partial charge on any atom is -0.497 e. The first kappa shape index (κ1) is 27.0. The van der Waals surface area contributed by atoms with Crippen LogP contribution in [0, 0.1) is 11.3 Å². The van der Waals surface area contributed by atoms with E-state index in [1.165, 1.54) is 27.9 Å². The summed E-state index contributed by atoms with van der Waals surface area (Å²) in [6, 6.07) is 13.8. The number of alkyl halides is 3. The molecular formula is C28H25F3N6O3. The van der Waals surface area contributed by atoms with Crippen LogP contribution in [0.4, 0.5) is 19.0 Å². The van der Waals surface area contributed by atoms with Crippen LogP contribution in [0.25, 0.3) is 5.70 Å². The van der Waals surface area contributed by atoms with Crippen molar-refractivity contribution in [3.8, 4) is 11.8 Å². The molecule has 1 aromatic heterocycles. The van der Waals surface area contributed by atoms with Crippen molar-refractivity contribution in [2.75, 3.05) is 51.3 Å². The summed E-state index contributed by atoms with van der Waals surface area (Å²) in [6.45, 7) is 1.97. The molecule has 0 unspecified atom stereocenters. The van der Waals surface area contributed by atoms with Gasteiger partial charge < -0.3 is 9.64 Å². The molecule has 12 heteroatoms. The van der Waals surface area contributed by atoms with Crippen molar-refractivity contribution in [3.63, 3.8) is 0 Å². The van der Waals surface area contributed by atoms with Crippen molar-refractivity contribution in [2.24, 2.45) is 0 Å². The minimum absolute atomic E-state index is 0.0490. The van der Waals surface area contributed by atoms with E-state index in [0.717, 1.165) is 12.1 Å². The van der Waals surface area contributed by atoms with Gasteiger partial charge >= 0.3 is 6.18 Å². The number of amides is 2. The van der Waals surface area contributed by atoms with Crippen molar-refractivity contribution in [1.82, 2.24) is 19.6 Å². The van der Waals surface area contributed by atoms with Gasteiger partial charge in [-0.2, -0.15) is 23.5 Å². The van der Waals surface area contributed by atoms with E-state index in [1.807, 2.05) is 11.0 Å². The molecule has 0 radical (unpaired) electrons. The molecule has 2 aromatic carbocycles. The van der Waals surface area contributed by atoms with Gasteiger partial charge in [0.2, 0.25) is 5.91 Å². The highest BCUT2D eigenvalue weighted by atomic mass is 19.4. The molecule has 0 atom stereocenters. The molecule has 0 aliphatic carbocycles. The SMILES string of the molecule is COc1ccc(C(=O)N2CCN(CC(=O)N3CC=C(c4cccc(C(F)(F)F)c4)n4ncc(C#N)c43)CC2)cc1. The Morgan fingerprint density at radius 2 is 1.80 bits per heavy atom. The molecule has 0 bridgehead atoms. The summed E-state index contributed by atoms with van der Waals surface area (Å²) in [5.74, 6) is 0.498. The summed E-state index contributed by atoms with van der Waals surface area (Å²) >= 11 is 0. The Balaban J connectivity index is 1.27. The second kappa shape index (κ2) is 10.9. The zero-order chi connectivity index (χ0) is 28.4. The lowest BCUT2D eigenvalue weighted by molar-refractivity contribution is -0.137. The molecule has 3 heterocycles. The molecule has 206 valence electrons. The Morgan fingerprint density at radius 1 is 1.07 bits per heavy atom. The molecule has 2 aliphatic rings. The molecule has 3 aromatic rings. The highest BCUT2D eigenvalue weighted by Gasteiger charge is 2.33. The lowest BCUT2D eigenvalue weighted by Crippen LogP contribution is -2.52. The molecule has 40 heavy (non-hydrogen) atoms. The summed E-state index contributed by atoms with van der Waals surface area (Å²) in [4.78, 5) is 31.3. The van der Waals surface area contributed by atoms with Crippen molar-refractivity contribution in [3.05, 3.63) is 83.1 Å². The van der Waals surface area contributed by atoms with Gasteiger partial charge in [0.1, 0.15) is 17.4 Å². The highest BCUT2D eigenvalue weighted by Crippen LogP contribution is 2.34. The van der Waals surface area contributed by atoms with E-state index in [2.05, 4.69) is 5.10 Å². The van der Waals surface area contributed by atoms with Gasteiger partial charge in [0.15, 0.2) is 5.82 Å². The maximum absolute atomic E-state index is 13.4. The van der Waals surface area contributed by atoms with Gasteiger partial charge in [-0.05, 0) is 42.5 Å². The van der Waals surface area contributed by atoms with E-state index in [9.17, 15) is 28.0 Å².